The van der Waals surface area contributed by atoms with Crippen LogP contribution in [0.4, 0.5) is 0 Å². The minimum Gasteiger partial charge on any atom is -0.0967 e. The third-order valence-corrected chi connectivity index (χ3v) is 18.0. The van der Waals surface area contributed by atoms with Gasteiger partial charge in [0, 0.05) is 9.52 Å². The lowest BCUT2D eigenvalue weighted by Gasteiger charge is -2.07. The maximum Gasteiger partial charge on any atom is 0.264 e. The minimum atomic E-state index is -1.28. The number of hydrogen-bond acceptors (Lipinski definition) is 0. The van der Waals surface area contributed by atoms with Crippen molar-refractivity contribution in [2.24, 2.45) is 0 Å². The third kappa shape index (κ3) is 10.8. The summed E-state index contributed by atoms with van der Waals surface area (Å²) in [5.74, 6) is 0. The molecule has 0 aliphatic heterocycles. The summed E-state index contributed by atoms with van der Waals surface area (Å²) in [5, 5.41) is 0. The van der Waals surface area contributed by atoms with Crippen molar-refractivity contribution in [3.8, 4) is 0 Å². The van der Waals surface area contributed by atoms with Crippen LogP contribution in [0.15, 0.2) is 0 Å². The lowest BCUT2D eigenvalue weighted by molar-refractivity contribution is 1.90. The molecule has 0 aromatic rings. The van der Waals surface area contributed by atoms with E-state index >= 15 is 0 Å². The Balaban J connectivity index is 3.28. The first-order valence-electron chi connectivity index (χ1n) is 2.27. The molecule has 0 saturated heterocycles. The van der Waals surface area contributed by atoms with Gasteiger partial charge in [-0.05, 0) is 5.67 Å². The van der Waals surface area contributed by atoms with Gasteiger partial charge in [0.15, 0.2) is 0 Å². The van der Waals surface area contributed by atoms with Gasteiger partial charge in [-0.1, -0.05) is 77.7 Å². The molecule has 0 aromatic heterocycles. The fourth-order valence-electron chi connectivity index (χ4n) is 0.273. The van der Waals surface area contributed by atoms with Crippen LogP contribution in [0.25, 0.3) is 0 Å². The van der Waals surface area contributed by atoms with E-state index in [4.69, 9.17) is 0 Å². The van der Waals surface area contributed by atoms with Crippen molar-refractivity contribution in [3.63, 3.8) is 0 Å². The molecule has 0 saturated carbocycles. The average Bonchev–Trinajstić information content (AvgIpc) is 1.59. The summed E-state index contributed by atoms with van der Waals surface area (Å²) in [5.41, 5.74) is 1.29. The first-order valence-corrected chi connectivity index (χ1v) is 14.9. The number of halogens is 5. The van der Waals surface area contributed by atoms with Gasteiger partial charge < -0.3 is 0 Å². The Morgan fingerprint density at radius 3 is 1.78 bits per heavy atom. The van der Waals surface area contributed by atoms with Gasteiger partial charge in [-0.3, -0.25) is 0 Å². The van der Waals surface area contributed by atoms with E-state index in [1.54, 1.807) is 0 Å². The van der Waals surface area contributed by atoms with E-state index in [1.165, 1.54) is 5.67 Å². The molecule has 7 heteroatoms. The second-order valence-electron chi connectivity index (χ2n) is 1.54. The minimum absolute atomic E-state index is 0.00367. The first kappa shape index (κ1) is 11.8. The number of alkyl halides is 2. The van der Waals surface area contributed by atoms with Crippen molar-refractivity contribution in [1.29, 1.82) is 0 Å². The fourth-order valence-corrected chi connectivity index (χ4v) is 12.8. The topological polar surface area (TPSA) is 0 Å². The molecule has 0 nitrogen and oxygen atoms in total. The van der Waals surface area contributed by atoms with E-state index in [1.807, 2.05) is 0 Å². The van der Waals surface area contributed by atoms with Crippen molar-refractivity contribution in [3.05, 3.63) is 0 Å². The molecule has 0 unspecified atom stereocenters. The number of hydrogen-bond donors (Lipinski definition) is 0. The Labute approximate surface area is 98.7 Å². The quantitative estimate of drug-likeness (QED) is 0.328. The van der Waals surface area contributed by atoms with Crippen molar-refractivity contribution in [1.82, 2.24) is 0 Å². The Hall–Kier alpha value is 2.83. The predicted octanol–water partition coefficient (Wildman–Crippen LogP) is 3.31. The van der Waals surface area contributed by atoms with Crippen LogP contribution in [0.5, 0.6) is 0 Å². The molecule has 0 aliphatic carbocycles. The summed E-state index contributed by atoms with van der Waals surface area (Å²) >= 11 is 17.6. The molecule has 0 amide bonds. The summed E-state index contributed by atoms with van der Waals surface area (Å²) in [6.45, 7) is 0. The van der Waals surface area contributed by atoms with Gasteiger partial charge in [-0.25, -0.2) is 0 Å². The van der Waals surface area contributed by atoms with E-state index in [-0.39, 0.29) is 9.52 Å². The first-order chi connectivity index (χ1) is 3.92. The highest BCUT2D eigenvalue weighted by Crippen LogP contribution is 2.32. The smallest absolute Gasteiger partial charge is 0.0967 e. The lowest BCUT2D eigenvalue weighted by atomic mass is 11.8. The normalized spacial score (nSPS) is 14.0. The lowest BCUT2D eigenvalue weighted by Crippen LogP contribution is -2.14. The molecule has 0 radical (unpaired) electrons. The van der Waals surface area contributed by atoms with Crippen LogP contribution in [0, 0.1) is 0 Å². The van der Waals surface area contributed by atoms with Crippen molar-refractivity contribution >= 4 is 91.2 Å². The predicted molar refractivity (Wildman–Crippen MR) is 67.5 cm³/mol. The van der Waals surface area contributed by atoms with Gasteiger partial charge in [0.2, 0.25) is 0 Å². The third-order valence-electron chi connectivity index (χ3n) is 0.646. The Bertz CT molecular complexity index is 77.5. The van der Waals surface area contributed by atoms with Crippen molar-refractivity contribution in [2.45, 2.75) is 9.03 Å². The Kier molecular flexibility index (Phi) is 7.20. The van der Waals surface area contributed by atoms with Crippen molar-refractivity contribution < 1.29 is 0 Å². The van der Waals surface area contributed by atoms with Crippen LogP contribution in [0.3, 0.4) is 0 Å². The molecule has 0 aliphatic rings. The van der Waals surface area contributed by atoms with Gasteiger partial charge in [-0.15, -0.1) is 0 Å². The van der Waals surface area contributed by atoms with Gasteiger partial charge >= 0.3 is 0 Å². The van der Waals surface area contributed by atoms with Crippen LogP contribution in [-0.2, 0) is 0 Å². The highest BCUT2D eigenvalue weighted by Gasteiger charge is 2.22. The molecule has 0 bridgehead atoms. The van der Waals surface area contributed by atoms with E-state index in [9.17, 15) is 0 Å². The fraction of sp³-hybridized carbons (Fsp3) is 1.00. The van der Waals surface area contributed by atoms with Crippen LogP contribution in [0.1, 0.15) is 0 Å². The molecule has 0 atom stereocenters. The molecular formula is C2H5Br5Si2. The monoisotopic (exact) mass is 480 g/mol. The van der Waals surface area contributed by atoms with Gasteiger partial charge in [0.05, 0.1) is 3.36 Å². The molecule has 0 aromatic carbocycles. The average molecular weight is 485 g/mol. The van der Waals surface area contributed by atoms with Crippen LogP contribution >= 0.6 is 77.7 Å². The molecule has 9 heavy (non-hydrogen) atoms. The number of rotatable bonds is 3. The molecular weight excluding hydrogens is 480 g/mol. The van der Waals surface area contributed by atoms with E-state index in [0.717, 1.165) is 0 Å². The van der Waals surface area contributed by atoms with E-state index in [2.05, 4.69) is 77.7 Å². The molecule has 0 heterocycles. The zero-order valence-electron chi connectivity index (χ0n) is 4.38. The second-order valence-corrected chi connectivity index (χ2v) is 33.8. The zero-order valence-corrected chi connectivity index (χ0v) is 14.7. The van der Waals surface area contributed by atoms with Gasteiger partial charge in [-0.2, -0.15) is 0 Å². The SMILES string of the molecule is BrC(Br)[SiH2]C[Si](Br)(Br)Br. The standard InChI is InChI=1S/C2H5Br5Si2/c3-2(4)8-1-9(5,6)7/h2H,1,8H2. The van der Waals surface area contributed by atoms with Gasteiger partial charge in [0.1, 0.15) is 0 Å². The summed E-state index contributed by atoms with van der Waals surface area (Å²) in [6.07, 6.45) is 0. The molecule has 56 valence electrons. The summed E-state index contributed by atoms with van der Waals surface area (Å²) < 4.78 is -0.707. The maximum atomic E-state index is 3.57. The summed E-state index contributed by atoms with van der Waals surface area (Å²) in [7, 11) is -0.00367. The largest absolute Gasteiger partial charge is 0.264 e. The Morgan fingerprint density at radius 1 is 1.22 bits per heavy atom. The van der Waals surface area contributed by atoms with E-state index < -0.39 is 3.93 Å². The maximum absolute atomic E-state index is 3.57. The second kappa shape index (κ2) is 5.47. The molecule has 0 N–H and O–H groups in total. The molecule has 0 spiro atoms. The zero-order chi connectivity index (χ0) is 7.49. The van der Waals surface area contributed by atoms with Crippen LogP contribution in [0.2, 0.25) is 5.67 Å². The highest BCUT2D eigenvalue weighted by atomic mass is 80.0. The van der Waals surface area contributed by atoms with Crippen LogP contribution < -0.4 is 0 Å². The van der Waals surface area contributed by atoms with E-state index in [0.29, 0.717) is 3.36 Å². The van der Waals surface area contributed by atoms with Crippen LogP contribution in [-0.4, -0.2) is 16.8 Å². The Morgan fingerprint density at radius 2 is 1.67 bits per heavy atom. The highest BCUT2D eigenvalue weighted by molar-refractivity contribution is 9.72. The molecule has 0 fully saturated rings. The summed E-state index contributed by atoms with van der Waals surface area (Å²) in [4.78, 5) is 0. The summed E-state index contributed by atoms with van der Waals surface area (Å²) in [6, 6.07) is 0. The van der Waals surface area contributed by atoms with Crippen molar-refractivity contribution in [2.75, 3.05) is 0 Å². The van der Waals surface area contributed by atoms with Gasteiger partial charge in [0.25, 0.3) is 3.93 Å². The molecule has 0 rings (SSSR count).